The molecule has 8 rings (SSSR count). The van der Waals surface area contributed by atoms with Gasteiger partial charge in [-0.15, -0.1) is 0 Å². The molecule has 314 valence electrons. The average molecular weight is 806 g/mol. The van der Waals surface area contributed by atoms with Gasteiger partial charge < -0.3 is 35.4 Å². The van der Waals surface area contributed by atoms with E-state index in [1.807, 2.05) is 25.1 Å². The third-order valence-corrected chi connectivity index (χ3v) is 13.7. The lowest BCUT2D eigenvalue weighted by molar-refractivity contribution is -0.134. The summed E-state index contributed by atoms with van der Waals surface area (Å²) in [5, 5.41) is 12.8. The summed E-state index contributed by atoms with van der Waals surface area (Å²) in [7, 11) is 5.64. The van der Waals surface area contributed by atoms with E-state index in [-0.39, 0.29) is 47.7 Å². The van der Waals surface area contributed by atoms with Crippen LogP contribution in [-0.4, -0.2) is 96.0 Å². The second-order valence-corrected chi connectivity index (χ2v) is 17.3. The fourth-order valence-corrected chi connectivity index (χ4v) is 10.2. The zero-order valence-electron chi connectivity index (χ0n) is 34.8. The van der Waals surface area contributed by atoms with Crippen LogP contribution in [0.15, 0.2) is 48.7 Å². The topological polar surface area (TPSA) is 161 Å². The smallest absolute Gasteiger partial charge is 0.251 e. The van der Waals surface area contributed by atoms with Crippen molar-refractivity contribution in [3.8, 4) is 5.75 Å². The van der Waals surface area contributed by atoms with E-state index in [9.17, 15) is 19.2 Å². The molecular formula is C45H59N9O5. The predicted molar refractivity (Wildman–Crippen MR) is 228 cm³/mol. The number of hydrogen-bond donors (Lipinski definition) is 4. The van der Waals surface area contributed by atoms with Crippen molar-refractivity contribution in [2.24, 2.45) is 0 Å². The number of anilines is 5. The van der Waals surface area contributed by atoms with Gasteiger partial charge in [0.05, 0.1) is 24.9 Å². The molecule has 2 aliphatic heterocycles. The highest BCUT2D eigenvalue weighted by molar-refractivity contribution is 6.04. The first-order valence-corrected chi connectivity index (χ1v) is 21.7. The summed E-state index contributed by atoms with van der Waals surface area (Å²) in [6.07, 6.45) is 15.5. The van der Waals surface area contributed by atoms with Crippen LogP contribution in [0.5, 0.6) is 5.75 Å². The van der Waals surface area contributed by atoms with E-state index in [4.69, 9.17) is 9.72 Å². The van der Waals surface area contributed by atoms with Gasteiger partial charge in [-0.25, -0.2) is 4.98 Å². The number of imide groups is 1. The van der Waals surface area contributed by atoms with Gasteiger partial charge in [0, 0.05) is 54.9 Å². The number of likely N-dealkylation sites (N-methyl/N-ethyl adjacent to an activating group) is 1. The maximum Gasteiger partial charge on any atom is 0.251 e. The van der Waals surface area contributed by atoms with E-state index in [2.05, 4.69) is 55.2 Å². The van der Waals surface area contributed by atoms with E-state index in [1.165, 1.54) is 0 Å². The van der Waals surface area contributed by atoms with Gasteiger partial charge in [-0.3, -0.25) is 24.5 Å². The summed E-state index contributed by atoms with van der Waals surface area (Å²) in [6.45, 7) is 1.95. The highest BCUT2D eigenvalue weighted by atomic mass is 16.5. The van der Waals surface area contributed by atoms with E-state index in [0.717, 1.165) is 94.1 Å². The lowest BCUT2D eigenvalue weighted by Gasteiger charge is -2.42. The number of ether oxygens (including phenoxy) is 1. The molecule has 59 heavy (non-hydrogen) atoms. The first-order chi connectivity index (χ1) is 28.6. The molecule has 3 saturated carbocycles. The van der Waals surface area contributed by atoms with Crippen LogP contribution in [0.1, 0.15) is 119 Å². The van der Waals surface area contributed by atoms with Crippen LogP contribution < -0.4 is 35.8 Å². The molecule has 4 N–H and O–H groups in total. The number of piperidine rings is 1. The molecule has 14 nitrogen and oxygen atoms in total. The molecule has 4 amide bonds. The van der Waals surface area contributed by atoms with E-state index < -0.39 is 0 Å². The zero-order valence-corrected chi connectivity index (χ0v) is 34.8. The van der Waals surface area contributed by atoms with Crippen molar-refractivity contribution >= 4 is 52.5 Å². The van der Waals surface area contributed by atoms with Crippen molar-refractivity contribution in [1.82, 2.24) is 25.5 Å². The molecule has 0 spiro atoms. The molecule has 0 radical (unpaired) electrons. The summed E-state index contributed by atoms with van der Waals surface area (Å²) in [5.41, 5.74) is 3.92. The minimum atomic E-state index is -0.302. The van der Waals surface area contributed by atoms with Gasteiger partial charge >= 0.3 is 0 Å². The number of fused-ring (bicyclic) bond motifs is 1. The quantitative estimate of drug-likeness (QED) is 0.162. The molecule has 2 aromatic carbocycles. The fourth-order valence-electron chi connectivity index (χ4n) is 10.2. The lowest BCUT2D eigenvalue weighted by Crippen LogP contribution is -2.54. The molecule has 5 aliphatic rings. The van der Waals surface area contributed by atoms with Crippen LogP contribution >= 0.6 is 0 Å². The maximum atomic E-state index is 13.5. The number of benzene rings is 2. The zero-order chi connectivity index (χ0) is 41.2. The Balaban J connectivity index is 0.803. The summed E-state index contributed by atoms with van der Waals surface area (Å²) < 4.78 is 5.74. The molecule has 3 heterocycles. The third kappa shape index (κ3) is 8.73. The number of methoxy groups -OCH3 is 1. The minimum Gasteiger partial charge on any atom is -0.495 e. The number of hydrogen-bond acceptors (Lipinski definition) is 11. The minimum absolute atomic E-state index is 0.0448. The van der Waals surface area contributed by atoms with Crippen molar-refractivity contribution < 1.29 is 23.9 Å². The molecule has 2 atom stereocenters. The average Bonchev–Trinajstić information content (AvgIpc) is 3.78. The molecule has 1 aromatic heterocycles. The molecule has 0 bridgehead atoms. The Morgan fingerprint density at radius 3 is 2.22 bits per heavy atom. The van der Waals surface area contributed by atoms with Crippen LogP contribution in [0, 0.1) is 0 Å². The van der Waals surface area contributed by atoms with Gasteiger partial charge in [-0.1, -0.05) is 25.0 Å². The monoisotopic (exact) mass is 805 g/mol. The Morgan fingerprint density at radius 1 is 0.881 bits per heavy atom. The predicted octanol–water partition coefficient (Wildman–Crippen LogP) is 6.26. The number of carbonyl (C=O) groups is 4. The summed E-state index contributed by atoms with van der Waals surface area (Å²) in [6, 6.07) is 15.1. The SMILES string of the molecule is COc1cc(C(=O)NC2CCC(N(C)C3CCC(Nc4ccc(C5CCC(=O)NC5=O)cc4)CC3)CC2)ccc1Nc1ncc2c(n1)N(C1CCCC1)[C@H](C)C(=O)N2C. The molecule has 1 saturated heterocycles. The van der Waals surface area contributed by atoms with Gasteiger partial charge in [-0.05, 0) is 120 Å². The number of aromatic nitrogens is 2. The molecule has 4 fully saturated rings. The number of rotatable bonds is 11. The Hall–Kier alpha value is -5.24. The van der Waals surface area contributed by atoms with Crippen molar-refractivity contribution in [2.45, 2.75) is 139 Å². The summed E-state index contributed by atoms with van der Waals surface area (Å²) >= 11 is 0. The Morgan fingerprint density at radius 2 is 1.56 bits per heavy atom. The highest BCUT2D eigenvalue weighted by Crippen LogP contribution is 2.40. The Kier molecular flexibility index (Phi) is 12.1. The maximum absolute atomic E-state index is 13.5. The first-order valence-electron chi connectivity index (χ1n) is 21.7. The second-order valence-electron chi connectivity index (χ2n) is 17.3. The molecule has 3 aromatic rings. The van der Waals surface area contributed by atoms with Gasteiger partial charge in [0.15, 0.2) is 5.82 Å². The van der Waals surface area contributed by atoms with E-state index in [1.54, 1.807) is 37.4 Å². The molecule has 14 heteroatoms. The van der Waals surface area contributed by atoms with Gasteiger partial charge in [0.1, 0.15) is 17.5 Å². The van der Waals surface area contributed by atoms with Gasteiger partial charge in [0.25, 0.3) is 5.91 Å². The van der Waals surface area contributed by atoms with Crippen molar-refractivity contribution in [2.75, 3.05) is 41.6 Å². The number of amides is 4. The van der Waals surface area contributed by atoms with E-state index in [0.29, 0.717) is 59.6 Å². The highest BCUT2D eigenvalue weighted by Gasteiger charge is 2.40. The normalized spacial score (nSPS) is 26.4. The lowest BCUT2D eigenvalue weighted by atomic mass is 9.85. The Bertz CT molecular complexity index is 2020. The Labute approximate surface area is 347 Å². The standard InChI is InChI=1S/C45H59N9O5/c1-27-44(58)53(3)38-26-46-45(51-41(38)54(27)35-7-5-6-8-35)49-37-23-11-29(25-39(37)59-4)42(56)48-32-16-20-34(21-17-32)52(2)33-18-14-31(15-19-33)47-30-12-9-28(10-13-30)36-22-24-40(55)50-43(36)57/h9-13,23,25-27,31-36,47H,5-8,14-22,24H2,1-4H3,(H,48,56)(H,46,49,51)(H,50,55,57)/t27-,31?,32?,33?,34?,36?/m1/s1. The summed E-state index contributed by atoms with van der Waals surface area (Å²) in [5.74, 6) is 0.965. The summed E-state index contributed by atoms with van der Waals surface area (Å²) in [4.78, 5) is 66.3. The first kappa shape index (κ1) is 40.5. The van der Waals surface area contributed by atoms with Gasteiger partial charge in [0.2, 0.25) is 23.7 Å². The van der Waals surface area contributed by atoms with Gasteiger partial charge in [-0.2, -0.15) is 4.98 Å². The van der Waals surface area contributed by atoms with Crippen LogP contribution in [0.25, 0.3) is 0 Å². The van der Waals surface area contributed by atoms with Crippen LogP contribution in [0.3, 0.4) is 0 Å². The van der Waals surface area contributed by atoms with Crippen LogP contribution in [-0.2, 0) is 14.4 Å². The third-order valence-electron chi connectivity index (χ3n) is 13.7. The second kappa shape index (κ2) is 17.5. The fraction of sp³-hybridized carbons (Fsp3) is 0.556. The largest absolute Gasteiger partial charge is 0.495 e. The molecule has 3 aliphatic carbocycles. The number of nitrogens with zero attached hydrogens (tertiary/aromatic N) is 5. The number of nitrogens with one attached hydrogen (secondary N) is 4. The molecular weight excluding hydrogens is 747 g/mol. The van der Waals surface area contributed by atoms with Crippen molar-refractivity contribution in [3.63, 3.8) is 0 Å². The molecule has 1 unspecified atom stereocenters. The van der Waals surface area contributed by atoms with E-state index >= 15 is 0 Å². The van der Waals surface area contributed by atoms with Crippen molar-refractivity contribution in [3.05, 3.63) is 59.8 Å². The number of carbonyl (C=O) groups excluding carboxylic acids is 4. The van der Waals surface area contributed by atoms with Crippen LogP contribution in [0.4, 0.5) is 28.8 Å². The van der Waals surface area contributed by atoms with Crippen molar-refractivity contribution in [1.29, 1.82) is 0 Å². The van der Waals surface area contributed by atoms with Crippen LogP contribution in [0.2, 0.25) is 0 Å².